The molecule has 2 rings (SSSR count). The maximum atomic E-state index is 11.4. The van der Waals surface area contributed by atoms with Gasteiger partial charge in [0, 0.05) is 24.9 Å². The first-order valence-corrected chi connectivity index (χ1v) is 8.28. The van der Waals surface area contributed by atoms with Gasteiger partial charge in [0.2, 0.25) is 10.0 Å². The van der Waals surface area contributed by atoms with Gasteiger partial charge >= 0.3 is 0 Å². The van der Waals surface area contributed by atoms with Crippen molar-refractivity contribution in [1.29, 1.82) is 0 Å². The molecule has 1 aromatic carbocycles. The molecule has 0 unspecified atom stereocenters. The van der Waals surface area contributed by atoms with Crippen molar-refractivity contribution >= 4 is 21.4 Å². The zero-order valence-electron chi connectivity index (χ0n) is 11.3. The van der Waals surface area contributed by atoms with Crippen LogP contribution >= 0.6 is 0 Å². The van der Waals surface area contributed by atoms with Crippen LogP contribution in [0.5, 0.6) is 0 Å². The molecule has 1 saturated carbocycles. The monoisotopic (exact) mass is 299 g/mol. The molecule has 0 aliphatic heterocycles. The minimum absolute atomic E-state index is 0.0445. The average Bonchev–Trinajstić information content (AvgIpc) is 2.30. The minimum Gasteiger partial charge on any atom is -0.398 e. The van der Waals surface area contributed by atoms with Gasteiger partial charge in [0.25, 0.3) is 0 Å². The lowest BCUT2D eigenvalue weighted by Gasteiger charge is -2.39. The minimum atomic E-state index is -3.79. The summed E-state index contributed by atoms with van der Waals surface area (Å²) in [6.45, 7) is 0.864. The Hall–Kier alpha value is -1.31. The van der Waals surface area contributed by atoms with Gasteiger partial charge in [-0.3, -0.25) is 0 Å². The van der Waals surface area contributed by atoms with Crippen LogP contribution in [-0.4, -0.2) is 32.7 Å². The summed E-state index contributed by atoms with van der Waals surface area (Å²) in [7, 11) is -3.79. The molecule has 0 radical (unpaired) electrons. The standard InChI is InChI=1S/C13H21N3O3S/c14-12-9-11(5-6-13(12)20(15,18)19)16(7-2-8-17)10-3-1-4-10/h5-6,9-10,17H,1-4,7-8,14H2,(H2,15,18,19). The summed E-state index contributed by atoms with van der Waals surface area (Å²) in [5.74, 6) is 0. The van der Waals surface area contributed by atoms with Gasteiger partial charge in [-0.2, -0.15) is 0 Å². The molecular weight excluding hydrogens is 278 g/mol. The second-order valence-electron chi connectivity index (χ2n) is 5.12. The summed E-state index contributed by atoms with van der Waals surface area (Å²) in [5, 5.41) is 14.1. The van der Waals surface area contributed by atoms with Gasteiger partial charge in [0.15, 0.2) is 0 Å². The number of primary sulfonamides is 1. The van der Waals surface area contributed by atoms with E-state index in [-0.39, 0.29) is 17.2 Å². The lowest BCUT2D eigenvalue weighted by atomic mass is 9.91. The van der Waals surface area contributed by atoms with Crippen LogP contribution in [-0.2, 0) is 10.0 Å². The van der Waals surface area contributed by atoms with Gasteiger partial charge in [0.05, 0.1) is 5.69 Å². The second-order valence-corrected chi connectivity index (χ2v) is 6.65. The van der Waals surface area contributed by atoms with Crippen LogP contribution in [0.15, 0.2) is 23.1 Å². The fourth-order valence-electron chi connectivity index (χ4n) is 2.44. The molecule has 1 fully saturated rings. The Bertz CT molecular complexity index is 570. The number of hydrogen-bond donors (Lipinski definition) is 3. The van der Waals surface area contributed by atoms with E-state index in [9.17, 15) is 8.42 Å². The first-order valence-electron chi connectivity index (χ1n) is 6.73. The highest BCUT2D eigenvalue weighted by Gasteiger charge is 2.25. The molecular formula is C13H21N3O3S. The lowest BCUT2D eigenvalue weighted by molar-refractivity contribution is 0.283. The number of aliphatic hydroxyl groups is 1. The summed E-state index contributed by atoms with van der Waals surface area (Å²) in [6, 6.07) is 5.27. The molecule has 0 bridgehead atoms. The van der Waals surface area contributed by atoms with Crippen molar-refractivity contribution < 1.29 is 13.5 Å². The maximum Gasteiger partial charge on any atom is 0.240 e. The van der Waals surface area contributed by atoms with Crippen LogP contribution in [0.1, 0.15) is 25.7 Å². The second kappa shape index (κ2) is 5.99. The highest BCUT2D eigenvalue weighted by Crippen LogP contribution is 2.32. The van der Waals surface area contributed by atoms with Crippen molar-refractivity contribution in [2.24, 2.45) is 5.14 Å². The third kappa shape index (κ3) is 3.23. The van der Waals surface area contributed by atoms with E-state index >= 15 is 0 Å². The Morgan fingerprint density at radius 3 is 2.50 bits per heavy atom. The van der Waals surface area contributed by atoms with Gasteiger partial charge in [0.1, 0.15) is 4.90 Å². The molecule has 1 aliphatic rings. The summed E-state index contributed by atoms with van der Waals surface area (Å²) < 4.78 is 22.7. The Morgan fingerprint density at radius 2 is 2.05 bits per heavy atom. The normalized spacial score (nSPS) is 15.9. The Morgan fingerprint density at radius 1 is 1.35 bits per heavy atom. The molecule has 20 heavy (non-hydrogen) atoms. The molecule has 0 amide bonds. The van der Waals surface area contributed by atoms with Crippen molar-refractivity contribution in [1.82, 2.24) is 0 Å². The number of nitrogens with two attached hydrogens (primary N) is 2. The zero-order chi connectivity index (χ0) is 14.8. The highest BCUT2D eigenvalue weighted by atomic mass is 32.2. The van der Waals surface area contributed by atoms with Crippen LogP contribution in [0, 0.1) is 0 Å². The average molecular weight is 299 g/mol. The van der Waals surface area contributed by atoms with E-state index in [0.717, 1.165) is 25.1 Å². The zero-order valence-corrected chi connectivity index (χ0v) is 12.1. The molecule has 6 nitrogen and oxygen atoms in total. The van der Waals surface area contributed by atoms with E-state index in [1.807, 2.05) is 0 Å². The third-order valence-corrected chi connectivity index (χ3v) is 4.69. The number of anilines is 2. The van der Waals surface area contributed by atoms with Gasteiger partial charge in [-0.1, -0.05) is 0 Å². The van der Waals surface area contributed by atoms with Crippen LogP contribution in [0.2, 0.25) is 0 Å². The van der Waals surface area contributed by atoms with E-state index in [0.29, 0.717) is 12.5 Å². The number of nitrogen functional groups attached to an aromatic ring is 1. The molecule has 0 spiro atoms. The van der Waals surface area contributed by atoms with Crippen molar-refractivity contribution in [2.75, 3.05) is 23.8 Å². The Balaban J connectivity index is 2.27. The lowest BCUT2D eigenvalue weighted by Crippen LogP contribution is -2.41. The summed E-state index contributed by atoms with van der Waals surface area (Å²) in [6.07, 6.45) is 4.10. The largest absolute Gasteiger partial charge is 0.398 e. The van der Waals surface area contributed by atoms with E-state index in [1.165, 1.54) is 12.5 Å². The number of benzene rings is 1. The fourth-order valence-corrected chi connectivity index (χ4v) is 3.08. The summed E-state index contributed by atoms with van der Waals surface area (Å²) >= 11 is 0. The van der Waals surface area contributed by atoms with E-state index < -0.39 is 10.0 Å². The molecule has 112 valence electrons. The van der Waals surface area contributed by atoms with Gasteiger partial charge < -0.3 is 15.7 Å². The molecule has 1 aliphatic carbocycles. The first-order chi connectivity index (χ1) is 9.43. The number of rotatable bonds is 6. The summed E-state index contributed by atoms with van der Waals surface area (Å²) in [5.41, 5.74) is 6.85. The van der Waals surface area contributed by atoms with E-state index in [1.54, 1.807) is 12.1 Å². The molecule has 0 aromatic heterocycles. The van der Waals surface area contributed by atoms with Crippen LogP contribution in [0.3, 0.4) is 0 Å². The van der Waals surface area contributed by atoms with E-state index in [4.69, 9.17) is 16.0 Å². The molecule has 0 atom stereocenters. The molecule has 5 N–H and O–H groups in total. The smallest absolute Gasteiger partial charge is 0.240 e. The topological polar surface area (TPSA) is 110 Å². The third-order valence-electron chi connectivity index (χ3n) is 3.70. The molecule has 0 saturated heterocycles. The van der Waals surface area contributed by atoms with Crippen LogP contribution in [0.4, 0.5) is 11.4 Å². The van der Waals surface area contributed by atoms with Crippen molar-refractivity contribution in [3.63, 3.8) is 0 Å². The highest BCUT2D eigenvalue weighted by molar-refractivity contribution is 7.89. The fraction of sp³-hybridized carbons (Fsp3) is 0.538. The number of nitrogens with zero attached hydrogens (tertiary/aromatic N) is 1. The van der Waals surface area contributed by atoms with Crippen molar-refractivity contribution in [3.05, 3.63) is 18.2 Å². The van der Waals surface area contributed by atoms with E-state index in [2.05, 4.69) is 4.90 Å². The first kappa shape index (κ1) is 15.1. The predicted molar refractivity (Wildman–Crippen MR) is 78.9 cm³/mol. The van der Waals surface area contributed by atoms with Crippen molar-refractivity contribution in [2.45, 2.75) is 36.6 Å². The Kier molecular flexibility index (Phi) is 4.52. The summed E-state index contributed by atoms with van der Waals surface area (Å²) in [4.78, 5) is 2.14. The van der Waals surface area contributed by atoms with Crippen molar-refractivity contribution in [3.8, 4) is 0 Å². The number of aliphatic hydroxyl groups excluding tert-OH is 1. The van der Waals surface area contributed by atoms with Gasteiger partial charge in [-0.25, -0.2) is 13.6 Å². The van der Waals surface area contributed by atoms with Gasteiger partial charge in [-0.05, 0) is 43.9 Å². The van der Waals surface area contributed by atoms with Crippen LogP contribution in [0.25, 0.3) is 0 Å². The predicted octanol–water partition coefficient (Wildman–Crippen LogP) is 0.658. The SMILES string of the molecule is Nc1cc(N(CCCO)C2CCC2)ccc1S(N)(=O)=O. The van der Waals surface area contributed by atoms with Crippen LogP contribution < -0.4 is 15.8 Å². The molecule has 1 aromatic rings. The quantitative estimate of drug-likeness (QED) is 0.668. The molecule has 0 heterocycles. The maximum absolute atomic E-state index is 11.4. The number of sulfonamides is 1. The number of hydrogen-bond acceptors (Lipinski definition) is 5. The molecule has 7 heteroatoms. The van der Waals surface area contributed by atoms with Gasteiger partial charge in [-0.15, -0.1) is 0 Å². The Labute approximate surface area is 119 Å².